The second-order valence-electron chi connectivity index (χ2n) is 7.06. The van der Waals surface area contributed by atoms with Gasteiger partial charge in [-0.05, 0) is 56.4 Å². The topological polar surface area (TPSA) is 46.3 Å². The molecule has 1 amide bonds. The van der Waals surface area contributed by atoms with Crippen LogP contribution in [0.3, 0.4) is 0 Å². The van der Waals surface area contributed by atoms with E-state index in [-0.39, 0.29) is 12.0 Å². The van der Waals surface area contributed by atoms with Crippen LogP contribution in [0.2, 0.25) is 0 Å². The molecule has 2 atom stereocenters. The summed E-state index contributed by atoms with van der Waals surface area (Å²) < 4.78 is 0. The van der Waals surface area contributed by atoms with Crippen LogP contribution in [0, 0.1) is 11.8 Å². The number of amides is 1. The van der Waals surface area contributed by atoms with E-state index in [4.69, 9.17) is 5.73 Å². The number of likely N-dealkylation sites (tertiary alicyclic amines) is 1. The van der Waals surface area contributed by atoms with Crippen LogP contribution < -0.4 is 5.73 Å². The van der Waals surface area contributed by atoms with Crippen LogP contribution in [0.15, 0.2) is 30.3 Å². The van der Waals surface area contributed by atoms with Gasteiger partial charge in [0.25, 0.3) is 0 Å². The van der Waals surface area contributed by atoms with E-state index in [0.29, 0.717) is 5.91 Å². The Morgan fingerprint density at radius 3 is 2.45 bits per heavy atom. The first-order valence-corrected chi connectivity index (χ1v) is 8.80. The molecule has 2 aliphatic rings. The predicted octanol–water partition coefficient (Wildman–Crippen LogP) is 2.99. The van der Waals surface area contributed by atoms with E-state index in [1.807, 2.05) is 0 Å². The molecule has 1 saturated heterocycles. The number of carbonyl (C=O) groups is 1. The summed E-state index contributed by atoms with van der Waals surface area (Å²) in [7, 11) is 0. The van der Waals surface area contributed by atoms with Crippen LogP contribution in [0.5, 0.6) is 0 Å². The van der Waals surface area contributed by atoms with Crippen molar-refractivity contribution in [3.8, 4) is 0 Å². The smallest absolute Gasteiger partial charge is 0.225 e. The van der Waals surface area contributed by atoms with Gasteiger partial charge in [-0.25, -0.2) is 0 Å². The number of carbonyl (C=O) groups excluding carboxylic acids is 1. The minimum absolute atomic E-state index is 0.205. The first kappa shape index (κ1) is 15.5. The van der Waals surface area contributed by atoms with Gasteiger partial charge in [-0.2, -0.15) is 0 Å². The second kappa shape index (κ2) is 7.28. The zero-order valence-corrected chi connectivity index (χ0v) is 13.4. The number of piperidine rings is 1. The Morgan fingerprint density at radius 2 is 1.82 bits per heavy atom. The van der Waals surface area contributed by atoms with E-state index in [1.165, 1.54) is 12.0 Å². The summed E-state index contributed by atoms with van der Waals surface area (Å²) in [5, 5.41) is 0. The predicted molar refractivity (Wildman–Crippen MR) is 89.4 cm³/mol. The van der Waals surface area contributed by atoms with Gasteiger partial charge in [-0.1, -0.05) is 30.3 Å². The van der Waals surface area contributed by atoms with Gasteiger partial charge in [-0.3, -0.25) is 4.79 Å². The van der Waals surface area contributed by atoms with Crippen molar-refractivity contribution in [3.63, 3.8) is 0 Å². The lowest BCUT2D eigenvalue weighted by atomic mass is 9.90. The van der Waals surface area contributed by atoms with Crippen LogP contribution >= 0.6 is 0 Å². The molecule has 1 saturated carbocycles. The average molecular weight is 300 g/mol. The number of hydrogen-bond acceptors (Lipinski definition) is 2. The molecule has 3 nitrogen and oxygen atoms in total. The van der Waals surface area contributed by atoms with Gasteiger partial charge in [0, 0.05) is 25.0 Å². The molecule has 1 heterocycles. The molecule has 0 bridgehead atoms. The summed E-state index contributed by atoms with van der Waals surface area (Å²) in [5.74, 6) is 1.35. The van der Waals surface area contributed by atoms with Crippen LogP contribution in [0.4, 0.5) is 0 Å². The maximum absolute atomic E-state index is 12.5. The highest BCUT2D eigenvalue weighted by Crippen LogP contribution is 2.29. The fourth-order valence-electron chi connectivity index (χ4n) is 3.96. The van der Waals surface area contributed by atoms with E-state index in [1.54, 1.807) is 0 Å². The van der Waals surface area contributed by atoms with Gasteiger partial charge in [-0.15, -0.1) is 0 Å². The highest BCUT2D eigenvalue weighted by atomic mass is 16.2. The Kier molecular flexibility index (Phi) is 5.14. The van der Waals surface area contributed by atoms with E-state index in [2.05, 4.69) is 35.2 Å². The molecule has 3 rings (SSSR count). The molecule has 1 aromatic carbocycles. The molecule has 22 heavy (non-hydrogen) atoms. The number of nitrogens with zero attached hydrogens (tertiary/aromatic N) is 1. The van der Waals surface area contributed by atoms with Gasteiger partial charge in [0.15, 0.2) is 0 Å². The third-order valence-electron chi connectivity index (χ3n) is 5.43. The minimum atomic E-state index is 0.205. The molecule has 1 aliphatic heterocycles. The third kappa shape index (κ3) is 3.89. The molecule has 2 N–H and O–H groups in total. The molecule has 0 aromatic heterocycles. The minimum Gasteiger partial charge on any atom is -0.342 e. The molecule has 0 spiro atoms. The normalized spacial score (nSPS) is 26.3. The molecule has 3 heteroatoms. The third-order valence-corrected chi connectivity index (χ3v) is 5.43. The first-order valence-electron chi connectivity index (χ1n) is 8.80. The summed E-state index contributed by atoms with van der Waals surface area (Å²) in [6, 6.07) is 11.0. The monoisotopic (exact) mass is 300 g/mol. The fraction of sp³-hybridized carbons (Fsp3) is 0.632. The van der Waals surface area contributed by atoms with Crippen LogP contribution in [0.25, 0.3) is 0 Å². The summed E-state index contributed by atoms with van der Waals surface area (Å²) in [4.78, 5) is 14.6. The Hall–Kier alpha value is -1.35. The van der Waals surface area contributed by atoms with E-state index >= 15 is 0 Å². The number of rotatable bonds is 4. The lowest BCUT2D eigenvalue weighted by Gasteiger charge is -2.33. The van der Waals surface area contributed by atoms with Crippen molar-refractivity contribution in [2.75, 3.05) is 13.1 Å². The van der Waals surface area contributed by atoms with Crippen LogP contribution in [-0.4, -0.2) is 29.9 Å². The highest BCUT2D eigenvalue weighted by Gasteiger charge is 2.32. The fourth-order valence-corrected chi connectivity index (χ4v) is 3.96. The highest BCUT2D eigenvalue weighted by molar-refractivity contribution is 5.79. The summed E-state index contributed by atoms with van der Waals surface area (Å²) in [6.07, 6.45) is 7.65. The van der Waals surface area contributed by atoms with E-state index in [9.17, 15) is 4.79 Å². The first-order chi connectivity index (χ1) is 10.7. The lowest BCUT2D eigenvalue weighted by Crippen LogP contribution is -2.41. The molecule has 1 aliphatic carbocycles. The van der Waals surface area contributed by atoms with Gasteiger partial charge >= 0.3 is 0 Å². The van der Waals surface area contributed by atoms with Crippen LogP contribution in [-0.2, 0) is 11.2 Å². The molecular weight excluding hydrogens is 272 g/mol. The van der Waals surface area contributed by atoms with E-state index in [0.717, 1.165) is 57.5 Å². The second-order valence-corrected chi connectivity index (χ2v) is 7.06. The average Bonchev–Trinajstić information content (AvgIpc) is 3.00. The summed E-state index contributed by atoms with van der Waals surface area (Å²) in [6.45, 7) is 1.90. The van der Waals surface area contributed by atoms with E-state index < -0.39 is 0 Å². The molecule has 1 aromatic rings. The van der Waals surface area contributed by atoms with Gasteiger partial charge in [0.2, 0.25) is 5.91 Å². The maximum atomic E-state index is 12.5. The van der Waals surface area contributed by atoms with Crippen molar-refractivity contribution in [3.05, 3.63) is 35.9 Å². The van der Waals surface area contributed by atoms with Gasteiger partial charge < -0.3 is 10.6 Å². The SMILES string of the molecule is NC1CCC(C(=O)N2CCC(CCc3ccccc3)CC2)C1. The van der Waals surface area contributed by atoms with Gasteiger partial charge in [0.1, 0.15) is 0 Å². The molecule has 120 valence electrons. The zero-order chi connectivity index (χ0) is 15.4. The number of benzene rings is 1. The number of hydrogen-bond donors (Lipinski definition) is 1. The molecule has 0 radical (unpaired) electrons. The quantitative estimate of drug-likeness (QED) is 0.929. The van der Waals surface area contributed by atoms with Crippen molar-refractivity contribution < 1.29 is 4.79 Å². The Bertz CT molecular complexity index is 479. The van der Waals surface area contributed by atoms with Crippen molar-refractivity contribution in [1.82, 2.24) is 4.90 Å². The number of aryl methyl sites for hydroxylation is 1. The Balaban J connectivity index is 1.41. The standard InChI is InChI=1S/C19H28N2O/c20-18-9-8-17(14-18)19(22)21-12-10-16(11-13-21)7-6-15-4-2-1-3-5-15/h1-5,16-18H,6-14,20H2. The van der Waals surface area contributed by atoms with Crippen molar-refractivity contribution >= 4 is 5.91 Å². The van der Waals surface area contributed by atoms with Crippen molar-refractivity contribution in [2.24, 2.45) is 17.6 Å². The molecular formula is C19H28N2O. The van der Waals surface area contributed by atoms with Crippen molar-refractivity contribution in [1.29, 1.82) is 0 Å². The number of nitrogens with two attached hydrogens (primary N) is 1. The summed E-state index contributed by atoms with van der Waals surface area (Å²) in [5.41, 5.74) is 7.37. The summed E-state index contributed by atoms with van der Waals surface area (Å²) >= 11 is 0. The zero-order valence-electron chi connectivity index (χ0n) is 13.4. The van der Waals surface area contributed by atoms with Crippen LogP contribution in [0.1, 0.15) is 44.1 Å². The molecule has 2 unspecified atom stereocenters. The lowest BCUT2D eigenvalue weighted by molar-refractivity contribution is -0.136. The maximum Gasteiger partial charge on any atom is 0.225 e. The Labute approximate surface area is 133 Å². The van der Waals surface area contributed by atoms with Gasteiger partial charge in [0.05, 0.1) is 0 Å². The largest absolute Gasteiger partial charge is 0.342 e. The van der Waals surface area contributed by atoms with Crippen molar-refractivity contribution in [2.45, 2.75) is 51.0 Å². The molecule has 2 fully saturated rings. The Morgan fingerprint density at radius 1 is 1.09 bits per heavy atom.